The van der Waals surface area contributed by atoms with Gasteiger partial charge in [-0.15, -0.1) is 0 Å². The topological polar surface area (TPSA) is 71.3 Å². The molecule has 7 heteroatoms. The van der Waals surface area contributed by atoms with E-state index in [1.54, 1.807) is 84.9 Å². The highest BCUT2D eigenvalue weighted by molar-refractivity contribution is 6.31. The minimum absolute atomic E-state index is 0.175. The minimum atomic E-state index is -0.368. The van der Waals surface area contributed by atoms with E-state index in [4.69, 9.17) is 27.6 Å². The highest BCUT2D eigenvalue weighted by Gasteiger charge is 2.13. The number of furan rings is 1. The molecule has 0 saturated heterocycles. The first-order chi connectivity index (χ1) is 15.0. The fraction of sp³-hybridized carbons (Fsp3) is 0. The van der Waals surface area contributed by atoms with Crippen molar-refractivity contribution in [2.75, 3.05) is 10.6 Å². The van der Waals surface area contributed by atoms with Gasteiger partial charge in [-0.3, -0.25) is 9.59 Å². The van der Waals surface area contributed by atoms with Gasteiger partial charge in [-0.1, -0.05) is 35.3 Å². The van der Waals surface area contributed by atoms with Crippen LogP contribution < -0.4 is 10.6 Å². The maximum absolute atomic E-state index is 12.4. The number of anilines is 2. The fourth-order valence-corrected chi connectivity index (χ4v) is 3.12. The van der Waals surface area contributed by atoms with E-state index >= 15 is 0 Å². The van der Waals surface area contributed by atoms with Crippen LogP contribution in [0.3, 0.4) is 0 Å². The van der Waals surface area contributed by atoms with Crippen molar-refractivity contribution in [3.8, 4) is 11.3 Å². The van der Waals surface area contributed by atoms with Crippen LogP contribution >= 0.6 is 23.2 Å². The number of hydrogen-bond donors (Lipinski definition) is 2. The molecule has 1 heterocycles. The Labute approximate surface area is 188 Å². The summed E-state index contributed by atoms with van der Waals surface area (Å²) in [6.45, 7) is 0. The monoisotopic (exact) mass is 450 g/mol. The summed E-state index contributed by atoms with van der Waals surface area (Å²) in [6, 6.07) is 23.9. The summed E-state index contributed by atoms with van der Waals surface area (Å²) in [4.78, 5) is 24.8. The number of benzene rings is 3. The Hall–Kier alpha value is -3.54. The molecular weight excluding hydrogens is 435 g/mol. The van der Waals surface area contributed by atoms with Gasteiger partial charge in [0.25, 0.3) is 11.8 Å². The average Bonchev–Trinajstić information content (AvgIpc) is 3.27. The van der Waals surface area contributed by atoms with Gasteiger partial charge in [-0.05, 0) is 72.8 Å². The second-order valence-corrected chi connectivity index (χ2v) is 7.54. The highest BCUT2D eigenvalue weighted by Crippen LogP contribution is 2.24. The van der Waals surface area contributed by atoms with Crippen LogP contribution in [0.4, 0.5) is 11.4 Å². The van der Waals surface area contributed by atoms with Gasteiger partial charge >= 0.3 is 0 Å². The first kappa shape index (κ1) is 20.7. The lowest BCUT2D eigenvalue weighted by molar-refractivity contribution is 0.0995. The molecule has 154 valence electrons. The Morgan fingerprint density at radius 1 is 0.613 bits per heavy atom. The molecule has 2 amide bonds. The number of halogens is 2. The number of amides is 2. The van der Waals surface area contributed by atoms with E-state index in [1.165, 1.54) is 0 Å². The Balaban J connectivity index is 1.42. The van der Waals surface area contributed by atoms with E-state index in [0.717, 1.165) is 5.56 Å². The van der Waals surface area contributed by atoms with Crippen molar-refractivity contribution in [3.05, 3.63) is 106 Å². The maximum atomic E-state index is 12.4. The first-order valence-electron chi connectivity index (χ1n) is 9.32. The molecule has 0 atom stereocenters. The van der Waals surface area contributed by atoms with E-state index in [0.29, 0.717) is 32.7 Å². The predicted octanol–water partition coefficient (Wildman–Crippen LogP) is 6.76. The van der Waals surface area contributed by atoms with Gasteiger partial charge < -0.3 is 15.1 Å². The molecule has 1 aromatic heterocycles. The zero-order chi connectivity index (χ0) is 21.8. The lowest BCUT2D eigenvalue weighted by Crippen LogP contribution is -2.11. The summed E-state index contributed by atoms with van der Waals surface area (Å²) in [7, 11) is 0. The second-order valence-electron chi connectivity index (χ2n) is 6.66. The number of hydrogen-bond acceptors (Lipinski definition) is 3. The molecular formula is C24H16Cl2N2O3. The van der Waals surface area contributed by atoms with Crippen molar-refractivity contribution >= 4 is 46.4 Å². The molecule has 5 nitrogen and oxygen atoms in total. The van der Waals surface area contributed by atoms with Crippen LogP contribution in [0.25, 0.3) is 11.3 Å². The van der Waals surface area contributed by atoms with Crippen LogP contribution in [0.1, 0.15) is 20.9 Å². The van der Waals surface area contributed by atoms with Gasteiger partial charge in [-0.25, -0.2) is 0 Å². The van der Waals surface area contributed by atoms with Crippen molar-refractivity contribution in [2.45, 2.75) is 0 Å². The largest absolute Gasteiger partial charge is 0.451 e. The summed E-state index contributed by atoms with van der Waals surface area (Å²) in [5.41, 5.74) is 2.50. The summed E-state index contributed by atoms with van der Waals surface area (Å²) in [5, 5.41) is 6.74. The maximum Gasteiger partial charge on any atom is 0.291 e. The van der Waals surface area contributed by atoms with E-state index in [-0.39, 0.29) is 17.6 Å². The normalized spacial score (nSPS) is 10.5. The van der Waals surface area contributed by atoms with Gasteiger partial charge in [0.15, 0.2) is 5.76 Å². The fourth-order valence-electron chi connectivity index (χ4n) is 2.86. The number of carbonyl (C=O) groups excluding carboxylic acids is 2. The summed E-state index contributed by atoms with van der Waals surface area (Å²) in [6.07, 6.45) is 0. The lowest BCUT2D eigenvalue weighted by atomic mass is 10.1. The molecule has 3 aromatic carbocycles. The molecule has 0 unspecified atom stereocenters. The number of nitrogens with one attached hydrogen (secondary N) is 2. The Morgan fingerprint density at radius 2 is 1.13 bits per heavy atom. The summed E-state index contributed by atoms with van der Waals surface area (Å²) in [5.74, 6) is 0.0873. The van der Waals surface area contributed by atoms with Crippen molar-refractivity contribution in [3.63, 3.8) is 0 Å². The molecule has 31 heavy (non-hydrogen) atoms. The molecule has 0 bridgehead atoms. The quantitative estimate of drug-likeness (QED) is 0.352. The molecule has 0 aliphatic heterocycles. The Morgan fingerprint density at radius 3 is 1.68 bits per heavy atom. The molecule has 0 aliphatic rings. The zero-order valence-electron chi connectivity index (χ0n) is 16.1. The Bertz CT molecular complexity index is 1220. The van der Waals surface area contributed by atoms with E-state index in [1.807, 2.05) is 0 Å². The minimum Gasteiger partial charge on any atom is -0.451 e. The van der Waals surface area contributed by atoms with Crippen molar-refractivity contribution in [1.29, 1.82) is 0 Å². The van der Waals surface area contributed by atoms with Crippen LogP contribution in [0.2, 0.25) is 10.0 Å². The van der Waals surface area contributed by atoms with E-state index in [2.05, 4.69) is 10.6 Å². The van der Waals surface area contributed by atoms with Gasteiger partial charge in [0.1, 0.15) is 5.76 Å². The highest BCUT2D eigenvalue weighted by atomic mass is 35.5. The summed E-state index contributed by atoms with van der Waals surface area (Å²) < 4.78 is 5.68. The average molecular weight is 451 g/mol. The third kappa shape index (κ3) is 5.15. The second kappa shape index (κ2) is 9.08. The third-order valence-corrected chi connectivity index (χ3v) is 4.97. The summed E-state index contributed by atoms with van der Waals surface area (Å²) >= 11 is 11.7. The number of carbonyl (C=O) groups is 2. The molecule has 0 saturated carbocycles. The third-order valence-electron chi connectivity index (χ3n) is 4.47. The van der Waals surface area contributed by atoms with Gasteiger partial charge in [0, 0.05) is 32.5 Å². The van der Waals surface area contributed by atoms with Crippen LogP contribution in [-0.2, 0) is 0 Å². The smallest absolute Gasteiger partial charge is 0.291 e. The lowest BCUT2D eigenvalue weighted by Gasteiger charge is -2.06. The van der Waals surface area contributed by atoms with E-state index < -0.39 is 0 Å². The first-order valence-corrected chi connectivity index (χ1v) is 10.1. The molecule has 0 radical (unpaired) electrons. The van der Waals surface area contributed by atoms with Crippen molar-refractivity contribution in [2.24, 2.45) is 0 Å². The van der Waals surface area contributed by atoms with Crippen LogP contribution in [0.5, 0.6) is 0 Å². The predicted molar refractivity (Wildman–Crippen MR) is 123 cm³/mol. The zero-order valence-corrected chi connectivity index (χ0v) is 17.6. The standard InChI is InChI=1S/C24H16Cl2N2O3/c25-17-5-9-19(10-6-17)27-23(29)16-3-1-15(2-4-16)21-13-14-22(31-21)24(30)28-20-11-7-18(26)8-12-20/h1-14H,(H,27,29)(H,28,30). The van der Waals surface area contributed by atoms with Crippen molar-refractivity contribution < 1.29 is 14.0 Å². The molecule has 0 aliphatic carbocycles. The van der Waals surface area contributed by atoms with E-state index in [9.17, 15) is 9.59 Å². The van der Waals surface area contributed by atoms with Gasteiger partial charge in [0.05, 0.1) is 0 Å². The molecule has 4 rings (SSSR count). The molecule has 0 spiro atoms. The molecule has 2 N–H and O–H groups in total. The molecule has 0 fully saturated rings. The van der Waals surface area contributed by atoms with Crippen LogP contribution in [0, 0.1) is 0 Å². The SMILES string of the molecule is O=C(Nc1ccc(Cl)cc1)c1ccc(-c2ccc(C(=O)Nc3ccc(Cl)cc3)o2)cc1. The molecule has 4 aromatic rings. The van der Waals surface area contributed by atoms with Gasteiger partial charge in [-0.2, -0.15) is 0 Å². The van der Waals surface area contributed by atoms with Gasteiger partial charge in [0.2, 0.25) is 0 Å². The Kier molecular flexibility index (Phi) is 6.07. The number of rotatable bonds is 5. The van der Waals surface area contributed by atoms with Crippen LogP contribution in [0.15, 0.2) is 89.3 Å². The van der Waals surface area contributed by atoms with Crippen LogP contribution in [-0.4, -0.2) is 11.8 Å². The van der Waals surface area contributed by atoms with Crippen molar-refractivity contribution in [1.82, 2.24) is 0 Å².